The van der Waals surface area contributed by atoms with Gasteiger partial charge in [0.05, 0.1) is 17.0 Å². The largest absolute Gasteiger partial charge is 0.492 e. The fourth-order valence-electron chi connectivity index (χ4n) is 2.57. The number of sulfonamides is 1. The number of fused-ring (bicyclic) bond motifs is 1. The van der Waals surface area contributed by atoms with Crippen LogP contribution in [0.1, 0.15) is 33.6 Å². The van der Waals surface area contributed by atoms with Crippen molar-refractivity contribution in [2.45, 2.75) is 44.0 Å². The van der Waals surface area contributed by atoms with E-state index in [1.165, 1.54) is 6.07 Å². The number of terminal acetylenes is 1. The van der Waals surface area contributed by atoms with Gasteiger partial charge in [0.1, 0.15) is 11.3 Å². The molecule has 0 unspecified atom stereocenters. The Morgan fingerprint density at radius 2 is 1.96 bits per heavy atom. The van der Waals surface area contributed by atoms with Crippen LogP contribution in [0.5, 0.6) is 5.75 Å². The van der Waals surface area contributed by atoms with Crippen LogP contribution >= 0.6 is 0 Å². The molecule has 0 fully saturated rings. The number of pyridine rings is 1. The van der Waals surface area contributed by atoms with Crippen LogP contribution in [0.25, 0.3) is 10.9 Å². The molecule has 24 heavy (non-hydrogen) atoms. The summed E-state index contributed by atoms with van der Waals surface area (Å²) in [7, 11) is -3.80. The van der Waals surface area contributed by atoms with Crippen molar-refractivity contribution in [2.24, 2.45) is 0 Å². The number of hydrogen-bond donors (Lipinski definition) is 1. The molecule has 0 saturated heterocycles. The van der Waals surface area contributed by atoms with Gasteiger partial charge in [0.15, 0.2) is 0 Å². The zero-order valence-electron chi connectivity index (χ0n) is 14.2. The van der Waals surface area contributed by atoms with Crippen molar-refractivity contribution < 1.29 is 13.2 Å². The van der Waals surface area contributed by atoms with Gasteiger partial charge in [0, 0.05) is 11.6 Å². The van der Waals surface area contributed by atoms with E-state index in [4.69, 9.17) is 11.2 Å². The second-order valence-electron chi connectivity index (χ2n) is 5.43. The molecule has 1 aromatic heterocycles. The van der Waals surface area contributed by atoms with Crippen molar-refractivity contribution in [3.63, 3.8) is 0 Å². The minimum absolute atomic E-state index is 0.149. The molecule has 1 heterocycles. The van der Waals surface area contributed by atoms with Crippen molar-refractivity contribution >= 4 is 20.9 Å². The predicted molar refractivity (Wildman–Crippen MR) is 95.4 cm³/mol. The molecule has 0 aliphatic rings. The third kappa shape index (κ3) is 3.37. The van der Waals surface area contributed by atoms with Crippen LogP contribution in [-0.4, -0.2) is 25.5 Å². The lowest BCUT2D eigenvalue weighted by atomic mass is 9.96. The molecular formula is C18H22N2O3S. The summed E-state index contributed by atoms with van der Waals surface area (Å²) in [5, 5.41) is 0.508. The van der Waals surface area contributed by atoms with Gasteiger partial charge in [0.2, 0.25) is 10.0 Å². The van der Waals surface area contributed by atoms with Gasteiger partial charge in [-0.25, -0.2) is 8.42 Å². The topological polar surface area (TPSA) is 68.3 Å². The van der Waals surface area contributed by atoms with Gasteiger partial charge in [-0.05, 0) is 44.0 Å². The summed E-state index contributed by atoms with van der Waals surface area (Å²) in [6, 6.07) is 6.58. The zero-order chi connectivity index (χ0) is 17.8. The fourth-order valence-corrected chi connectivity index (χ4v) is 4.24. The Kier molecular flexibility index (Phi) is 5.47. The first-order valence-corrected chi connectivity index (χ1v) is 9.43. The lowest BCUT2D eigenvalue weighted by molar-refractivity contribution is 0.343. The summed E-state index contributed by atoms with van der Waals surface area (Å²) in [4.78, 5) is 4.42. The third-order valence-corrected chi connectivity index (χ3v) is 5.69. The van der Waals surface area contributed by atoms with Gasteiger partial charge in [-0.3, -0.25) is 4.98 Å². The Morgan fingerprint density at radius 3 is 2.54 bits per heavy atom. The van der Waals surface area contributed by atoms with Gasteiger partial charge in [-0.1, -0.05) is 19.8 Å². The summed E-state index contributed by atoms with van der Waals surface area (Å²) >= 11 is 0. The van der Waals surface area contributed by atoms with Crippen LogP contribution in [0.15, 0.2) is 35.4 Å². The molecule has 0 amide bonds. The molecule has 0 aliphatic heterocycles. The molecule has 0 spiro atoms. The molecule has 1 N–H and O–H groups in total. The highest BCUT2D eigenvalue weighted by Gasteiger charge is 2.31. The van der Waals surface area contributed by atoms with Crippen LogP contribution in [0.4, 0.5) is 0 Å². The predicted octanol–water partition coefficient (Wildman–Crippen LogP) is 3.10. The molecule has 5 nitrogen and oxygen atoms in total. The van der Waals surface area contributed by atoms with Gasteiger partial charge < -0.3 is 4.74 Å². The molecule has 0 saturated carbocycles. The SMILES string of the molecule is C#CC(CC)(CC)NS(=O)(=O)c1ccc(OCC)c2ncccc12. The van der Waals surface area contributed by atoms with E-state index in [2.05, 4.69) is 15.6 Å². The first kappa shape index (κ1) is 18.2. The number of aromatic nitrogens is 1. The number of rotatable bonds is 7. The monoisotopic (exact) mass is 346 g/mol. The molecule has 128 valence electrons. The lowest BCUT2D eigenvalue weighted by Crippen LogP contribution is -2.46. The molecule has 0 radical (unpaired) electrons. The Hall–Kier alpha value is -2.10. The molecule has 0 bridgehead atoms. The normalized spacial score (nSPS) is 12.1. The van der Waals surface area contributed by atoms with Gasteiger partial charge >= 0.3 is 0 Å². The van der Waals surface area contributed by atoms with Crippen molar-refractivity contribution in [3.8, 4) is 18.1 Å². The Morgan fingerprint density at radius 1 is 1.25 bits per heavy atom. The van der Waals surface area contributed by atoms with Crippen LogP contribution < -0.4 is 9.46 Å². The maximum absolute atomic E-state index is 12.9. The highest BCUT2D eigenvalue weighted by atomic mass is 32.2. The van der Waals surface area contributed by atoms with Crippen LogP contribution in [0.3, 0.4) is 0 Å². The van der Waals surface area contributed by atoms with Crippen molar-refractivity contribution in [2.75, 3.05) is 6.61 Å². The van der Waals surface area contributed by atoms with E-state index in [1.54, 1.807) is 24.4 Å². The molecule has 0 aliphatic carbocycles. The number of benzene rings is 1. The van der Waals surface area contributed by atoms with E-state index in [-0.39, 0.29) is 4.90 Å². The van der Waals surface area contributed by atoms with Gasteiger partial charge in [0.25, 0.3) is 0 Å². The average Bonchev–Trinajstić information content (AvgIpc) is 2.60. The molecule has 6 heteroatoms. The quantitative estimate of drug-likeness (QED) is 0.782. The van der Waals surface area contributed by atoms with E-state index in [0.717, 1.165) is 0 Å². The standard InChI is InChI=1S/C18H22N2O3S/c1-5-18(6-2,7-3)20-24(21,22)16-12-11-15(23-8-4)17-14(16)10-9-13-19-17/h1,9-13,20H,6-8H2,2-4H3. The minimum atomic E-state index is -3.80. The van der Waals surface area contributed by atoms with E-state index in [9.17, 15) is 8.42 Å². The number of ether oxygens (including phenoxy) is 1. The first-order chi connectivity index (χ1) is 11.4. The van der Waals surface area contributed by atoms with Gasteiger partial charge in [-0.2, -0.15) is 4.72 Å². The van der Waals surface area contributed by atoms with Crippen LogP contribution in [0.2, 0.25) is 0 Å². The second kappa shape index (κ2) is 7.20. The number of hydrogen-bond acceptors (Lipinski definition) is 4. The Balaban J connectivity index is 2.60. The smallest absolute Gasteiger partial charge is 0.242 e. The lowest BCUT2D eigenvalue weighted by Gasteiger charge is -2.27. The molecular weight excluding hydrogens is 324 g/mol. The third-order valence-electron chi connectivity index (χ3n) is 4.10. The Bertz CT molecular complexity index is 865. The average molecular weight is 346 g/mol. The van der Waals surface area contributed by atoms with Crippen LogP contribution in [-0.2, 0) is 10.0 Å². The summed E-state index contributed by atoms with van der Waals surface area (Å²) in [5.41, 5.74) is -0.382. The van der Waals surface area contributed by atoms with Crippen LogP contribution in [0, 0.1) is 12.3 Å². The fraction of sp³-hybridized carbons (Fsp3) is 0.389. The zero-order valence-corrected chi connectivity index (χ0v) is 15.0. The highest BCUT2D eigenvalue weighted by Crippen LogP contribution is 2.30. The summed E-state index contributed by atoms with van der Waals surface area (Å²) in [6.45, 7) is 6.07. The molecule has 0 atom stereocenters. The van der Waals surface area contributed by atoms with Crippen molar-refractivity contribution in [1.82, 2.24) is 9.71 Å². The van der Waals surface area contributed by atoms with E-state index >= 15 is 0 Å². The van der Waals surface area contributed by atoms with E-state index < -0.39 is 15.6 Å². The summed E-state index contributed by atoms with van der Waals surface area (Å²) < 4.78 is 34.1. The Labute approximate surface area is 143 Å². The van der Waals surface area contributed by atoms with Crippen molar-refractivity contribution in [1.29, 1.82) is 0 Å². The van der Waals surface area contributed by atoms with Crippen molar-refractivity contribution in [3.05, 3.63) is 30.5 Å². The minimum Gasteiger partial charge on any atom is -0.492 e. The summed E-state index contributed by atoms with van der Waals surface area (Å²) in [6.07, 6.45) is 8.20. The second-order valence-corrected chi connectivity index (χ2v) is 7.08. The highest BCUT2D eigenvalue weighted by molar-refractivity contribution is 7.89. The maximum atomic E-state index is 12.9. The van der Waals surface area contributed by atoms with E-state index in [1.807, 2.05) is 20.8 Å². The van der Waals surface area contributed by atoms with E-state index in [0.29, 0.717) is 36.1 Å². The first-order valence-electron chi connectivity index (χ1n) is 7.95. The maximum Gasteiger partial charge on any atom is 0.242 e. The number of nitrogens with zero attached hydrogens (tertiary/aromatic N) is 1. The molecule has 2 aromatic rings. The summed E-state index contributed by atoms with van der Waals surface area (Å²) in [5.74, 6) is 3.15. The molecule has 1 aromatic carbocycles. The molecule has 2 rings (SSSR count). The number of nitrogens with one attached hydrogen (secondary N) is 1. The van der Waals surface area contributed by atoms with Gasteiger partial charge in [-0.15, -0.1) is 6.42 Å².